The predicted molar refractivity (Wildman–Crippen MR) is 128 cm³/mol. The molecule has 0 bridgehead atoms. The molecule has 2 aromatic carbocycles. The Balaban J connectivity index is 1.46. The number of nitrogens with zero attached hydrogens (tertiary/aromatic N) is 1. The van der Waals surface area contributed by atoms with Crippen LogP contribution in [0.15, 0.2) is 48.5 Å². The molecule has 1 unspecified atom stereocenters. The van der Waals surface area contributed by atoms with Crippen molar-refractivity contribution in [3.8, 4) is 0 Å². The highest BCUT2D eigenvalue weighted by molar-refractivity contribution is 5.96. The van der Waals surface area contributed by atoms with Crippen molar-refractivity contribution >= 4 is 29.1 Å². The highest BCUT2D eigenvalue weighted by atomic mass is 16.5. The first-order chi connectivity index (χ1) is 15.9. The van der Waals surface area contributed by atoms with Gasteiger partial charge in [-0.15, -0.1) is 0 Å². The molecular weight excluding hydrogens is 420 g/mol. The molecule has 0 spiro atoms. The number of nitrogens with one attached hydrogen (secondary N) is 3. The molecular formula is C25H32N4O4. The second-order valence-corrected chi connectivity index (χ2v) is 8.32. The lowest BCUT2D eigenvalue weighted by Crippen LogP contribution is -2.31. The van der Waals surface area contributed by atoms with Crippen LogP contribution in [0.25, 0.3) is 0 Å². The Kier molecular flexibility index (Phi) is 8.83. The third kappa shape index (κ3) is 7.91. The molecule has 1 saturated heterocycles. The molecule has 1 atom stereocenters. The molecule has 8 nitrogen and oxygen atoms in total. The van der Waals surface area contributed by atoms with E-state index in [-0.39, 0.29) is 30.4 Å². The summed E-state index contributed by atoms with van der Waals surface area (Å²) in [6.45, 7) is 1.31. The molecule has 0 aromatic heterocycles. The Hall–Kier alpha value is -3.39. The standard InChI is InChI=1S/C25H32N4O4/c1-29(2)24(31)12-11-18-6-3-9-21(14-18)28-23(30)17-26-20-8-4-7-19(15-20)25(32)27-16-22-10-5-13-33-22/h3-4,6-9,14-15,22,26H,5,10-13,16-17H2,1-2H3,(H,27,32)(H,28,30). The Morgan fingerprint density at radius 2 is 1.85 bits per heavy atom. The van der Waals surface area contributed by atoms with E-state index in [2.05, 4.69) is 16.0 Å². The molecule has 0 saturated carbocycles. The molecule has 1 aliphatic rings. The first-order valence-corrected chi connectivity index (χ1v) is 11.2. The summed E-state index contributed by atoms with van der Waals surface area (Å²) in [7, 11) is 3.47. The highest BCUT2D eigenvalue weighted by Crippen LogP contribution is 2.15. The van der Waals surface area contributed by atoms with Crippen LogP contribution >= 0.6 is 0 Å². The van der Waals surface area contributed by atoms with E-state index in [1.54, 1.807) is 37.2 Å². The number of amides is 3. The molecule has 2 aromatic rings. The van der Waals surface area contributed by atoms with Crippen LogP contribution < -0.4 is 16.0 Å². The average molecular weight is 453 g/mol. The Bertz CT molecular complexity index is 970. The zero-order valence-electron chi connectivity index (χ0n) is 19.2. The van der Waals surface area contributed by atoms with Gasteiger partial charge in [-0.1, -0.05) is 18.2 Å². The monoisotopic (exact) mass is 452 g/mol. The van der Waals surface area contributed by atoms with Gasteiger partial charge in [0, 0.05) is 50.6 Å². The van der Waals surface area contributed by atoms with E-state index >= 15 is 0 Å². The predicted octanol–water partition coefficient (Wildman–Crippen LogP) is 2.67. The normalized spacial score (nSPS) is 15.0. The first kappa shape index (κ1) is 24.3. The van der Waals surface area contributed by atoms with Crippen LogP contribution in [0.1, 0.15) is 35.2 Å². The lowest BCUT2D eigenvalue weighted by atomic mass is 10.1. The molecule has 3 amide bonds. The first-order valence-electron chi connectivity index (χ1n) is 11.2. The molecule has 0 aliphatic carbocycles. The van der Waals surface area contributed by atoms with E-state index < -0.39 is 0 Å². The zero-order valence-corrected chi connectivity index (χ0v) is 19.2. The van der Waals surface area contributed by atoms with Crippen LogP contribution in [0, 0.1) is 0 Å². The number of carbonyl (C=O) groups excluding carboxylic acids is 3. The molecule has 3 N–H and O–H groups in total. The SMILES string of the molecule is CN(C)C(=O)CCc1cccc(NC(=O)CNc2cccc(C(=O)NCC3CCCO3)c2)c1. The van der Waals surface area contributed by atoms with Gasteiger partial charge in [-0.25, -0.2) is 0 Å². The molecule has 176 valence electrons. The summed E-state index contributed by atoms with van der Waals surface area (Å²) in [6, 6.07) is 14.5. The van der Waals surface area contributed by atoms with Gasteiger partial charge in [0.05, 0.1) is 12.6 Å². The van der Waals surface area contributed by atoms with Crippen molar-refractivity contribution in [2.45, 2.75) is 31.8 Å². The van der Waals surface area contributed by atoms with Crippen LogP contribution in [-0.2, 0) is 20.7 Å². The van der Waals surface area contributed by atoms with Crippen LogP contribution in [-0.4, -0.2) is 62.5 Å². The van der Waals surface area contributed by atoms with Gasteiger partial charge < -0.3 is 25.6 Å². The maximum Gasteiger partial charge on any atom is 0.251 e. The van der Waals surface area contributed by atoms with Crippen molar-refractivity contribution in [2.24, 2.45) is 0 Å². The van der Waals surface area contributed by atoms with Crippen LogP contribution in [0.5, 0.6) is 0 Å². The number of ether oxygens (including phenoxy) is 1. The second-order valence-electron chi connectivity index (χ2n) is 8.32. The average Bonchev–Trinajstić information content (AvgIpc) is 3.34. The van der Waals surface area contributed by atoms with Gasteiger partial charge in [0.25, 0.3) is 5.91 Å². The smallest absolute Gasteiger partial charge is 0.251 e. The maximum absolute atomic E-state index is 12.4. The fourth-order valence-corrected chi connectivity index (χ4v) is 3.55. The van der Waals surface area contributed by atoms with Gasteiger partial charge in [0.1, 0.15) is 0 Å². The van der Waals surface area contributed by atoms with Crippen molar-refractivity contribution in [3.05, 3.63) is 59.7 Å². The number of benzene rings is 2. The van der Waals surface area contributed by atoms with Crippen LogP contribution in [0.4, 0.5) is 11.4 Å². The Labute approximate surface area is 194 Å². The minimum atomic E-state index is -0.204. The van der Waals surface area contributed by atoms with Crippen molar-refractivity contribution in [1.29, 1.82) is 0 Å². The fraction of sp³-hybridized carbons (Fsp3) is 0.400. The van der Waals surface area contributed by atoms with Crippen molar-refractivity contribution in [3.63, 3.8) is 0 Å². The zero-order chi connectivity index (χ0) is 23.6. The highest BCUT2D eigenvalue weighted by Gasteiger charge is 2.16. The number of aryl methyl sites for hydroxylation is 1. The lowest BCUT2D eigenvalue weighted by Gasteiger charge is -2.12. The molecule has 1 fully saturated rings. The van der Waals surface area contributed by atoms with Gasteiger partial charge in [0.15, 0.2) is 0 Å². The quantitative estimate of drug-likeness (QED) is 0.515. The van der Waals surface area contributed by atoms with Crippen LogP contribution in [0.3, 0.4) is 0 Å². The second kappa shape index (κ2) is 12.0. The Morgan fingerprint density at radius 3 is 2.61 bits per heavy atom. The lowest BCUT2D eigenvalue weighted by molar-refractivity contribution is -0.128. The third-order valence-electron chi connectivity index (χ3n) is 5.43. The number of hydrogen-bond acceptors (Lipinski definition) is 5. The fourth-order valence-electron chi connectivity index (χ4n) is 3.55. The van der Waals surface area contributed by atoms with Crippen LogP contribution in [0.2, 0.25) is 0 Å². The Morgan fingerprint density at radius 1 is 1.06 bits per heavy atom. The van der Waals surface area contributed by atoms with Gasteiger partial charge in [-0.2, -0.15) is 0 Å². The number of carbonyl (C=O) groups is 3. The summed E-state index contributed by atoms with van der Waals surface area (Å²) in [4.78, 5) is 38.1. The van der Waals surface area contributed by atoms with Gasteiger partial charge in [-0.05, 0) is 55.2 Å². The van der Waals surface area contributed by atoms with E-state index in [1.165, 1.54) is 0 Å². The summed E-state index contributed by atoms with van der Waals surface area (Å²) < 4.78 is 5.53. The molecule has 1 aliphatic heterocycles. The molecule has 1 heterocycles. The summed E-state index contributed by atoms with van der Waals surface area (Å²) in [5, 5.41) is 8.82. The molecule has 0 radical (unpaired) electrons. The third-order valence-corrected chi connectivity index (χ3v) is 5.43. The van der Waals surface area contributed by atoms with E-state index in [9.17, 15) is 14.4 Å². The largest absolute Gasteiger partial charge is 0.376 e. The number of rotatable bonds is 10. The van der Waals surface area contributed by atoms with E-state index in [1.807, 2.05) is 30.3 Å². The minimum Gasteiger partial charge on any atom is -0.376 e. The van der Waals surface area contributed by atoms with E-state index in [0.29, 0.717) is 36.3 Å². The number of anilines is 2. The van der Waals surface area contributed by atoms with Gasteiger partial charge in [0.2, 0.25) is 11.8 Å². The van der Waals surface area contributed by atoms with Crippen molar-refractivity contribution in [2.75, 3.05) is 44.4 Å². The maximum atomic E-state index is 12.4. The minimum absolute atomic E-state index is 0.0599. The summed E-state index contributed by atoms with van der Waals surface area (Å²) >= 11 is 0. The van der Waals surface area contributed by atoms with Crippen molar-refractivity contribution in [1.82, 2.24) is 10.2 Å². The van der Waals surface area contributed by atoms with Gasteiger partial charge in [-0.3, -0.25) is 14.4 Å². The van der Waals surface area contributed by atoms with E-state index in [0.717, 1.165) is 25.0 Å². The van der Waals surface area contributed by atoms with Gasteiger partial charge >= 0.3 is 0 Å². The summed E-state index contributed by atoms with van der Waals surface area (Å²) in [6.07, 6.45) is 3.12. The van der Waals surface area contributed by atoms with Crippen molar-refractivity contribution < 1.29 is 19.1 Å². The topological polar surface area (TPSA) is 99.8 Å². The van der Waals surface area contributed by atoms with E-state index in [4.69, 9.17) is 4.74 Å². The molecule has 33 heavy (non-hydrogen) atoms. The summed E-state index contributed by atoms with van der Waals surface area (Å²) in [5.74, 6) is -0.302. The molecule has 3 rings (SSSR count). The molecule has 8 heteroatoms. The number of hydrogen-bond donors (Lipinski definition) is 3. The summed E-state index contributed by atoms with van der Waals surface area (Å²) in [5.41, 5.74) is 2.88.